The van der Waals surface area contributed by atoms with Crippen molar-refractivity contribution in [1.82, 2.24) is 0 Å². The molecule has 3 rings (SSSR count). The highest BCUT2D eigenvalue weighted by Gasteiger charge is 2.16. The number of hydrogen-bond acceptors (Lipinski definition) is 4. The smallest absolute Gasteiger partial charge is 0.279 e. The number of rotatable bonds is 5. The van der Waals surface area contributed by atoms with Gasteiger partial charge in [0, 0.05) is 11.8 Å². The monoisotopic (exact) mass is 289 g/mol. The van der Waals surface area contributed by atoms with Crippen LogP contribution in [0.5, 0.6) is 11.5 Å². The maximum atomic E-state index is 11.9. The highest BCUT2D eigenvalue weighted by Crippen LogP contribution is 2.34. The van der Waals surface area contributed by atoms with Gasteiger partial charge in [-0.15, -0.1) is 0 Å². The summed E-state index contributed by atoms with van der Waals surface area (Å²) in [7, 11) is 0. The van der Waals surface area contributed by atoms with Gasteiger partial charge in [0.05, 0.1) is 6.26 Å². The first kappa shape index (κ1) is 13.5. The lowest BCUT2D eigenvalue weighted by atomic mass is 10.2. The van der Waals surface area contributed by atoms with Crippen molar-refractivity contribution in [2.75, 3.05) is 18.7 Å². The molecule has 6 heteroatoms. The van der Waals surface area contributed by atoms with E-state index in [2.05, 4.69) is 5.32 Å². The summed E-state index contributed by atoms with van der Waals surface area (Å²) in [6.07, 6.45) is 1.63. The molecular formula is C15H17N2O4+. The molecule has 6 nitrogen and oxygen atoms in total. The Hall–Kier alpha value is -2.47. The van der Waals surface area contributed by atoms with Crippen LogP contribution in [-0.4, -0.2) is 19.2 Å². The van der Waals surface area contributed by atoms with E-state index < -0.39 is 0 Å². The largest absolute Gasteiger partial charge is 0.463 e. The maximum Gasteiger partial charge on any atom is 0.279 e. The Morgan fingerprint density at radius 2 is 2.19 bits per heavy atom. The fourth-order valence-electron chi connectivity index (χ4n) is 2.14. The minimum Gasteiger partial charge on any atom is -0.463 e. The standard InChI is InChI=1S/C15H16N2O4/c1-10(12-3-2-6-19-12)16-8-15(18)17-11-4-5-13-14(7-11)21-9-20-13/h2-7,10,16H,8-9H2,1H3,(H,17,18)/p+1/t10-/m0/s1. The predicted molar refractivity (Wildman–Crippen MR) is 75.1 cm³/mol. The Morgan fingerprint density at radius 3 is 3.00 bits per heavy atom. The Kier molecular flexibility index (Phi) is 3.79. The topological polar surface area (TPSA) is 77.3 Å². The van der Waals surface area contributed by atoms with Crippen molar-refractivity contribution in [2.45, 2.75) is 13.0 Å². The summed E-state index contributed by atoms with van der Waals surface area (Å²) in [5.41, 5.74) is 0.698. The fraction of sp³-hybridized carbons (Fsp3) is 0.267. The van der Waals surface area contributed by atoms with Gasteiger partial charge in [-0.1, -0.05) is 0 Å². The summed E-state index contributed by atoms with van der Waals surface area (Å²) < 4.78 is 15.8. The summed E-state index contributed by atoms with van der Waals surface area (Å²) in [6.45, 7) is 2.53. The third kappa shape index (κ3) is 3.17. The minimum absolute atomic E-state index is 0.0766. The molecule has 0 saturated carbocycles. The summed E-state index contributed by atoms with van der Waals surface area (Å²) in [4.78, 5) is 11.9. The first-order valence-electron chi connectivity index (χ1n) is 6.78. The van der Waals surface area contributed by atoms with Gasteiger partial charge in [0.2, 0.25) is 6.79 Å². The molecular weight excluding hydrogens is 272 g/mol. The number of benzene rings is 1. The second kappa shape index (κ2) is 5.88. The lowest BCUT2D eigenvalue weighted by molar-refractivity contribution is -0.684. The number of nitrogens with one attached hydrogen (secondary N) is 1. The van der Waals surface area contributed by atoms with Crippen LogP contribution in [0.4, 0.5) is 5.69 Å². The van der Waals surface area contributed by atoms with Crippen LogP contribution in [0.25, 0.3) is 0 Å². The first-order chi connectivity index (χ1) is 10.2. The van der Waals surface area contributed by atoms with Crippen molar-refractivity contribution in [3.63, 3.8) is 0 Å². The van der Waals surface area contributed by atoms with E-state index in [1.165, 1.54) is 0 Å². The summed E-state index contributed by atoms with van der Waals surface area (Å²) in [5.74, 6) is 2.13. The van der Waals surface area contributed by atoms with Gasteiger partial charge < -0.3 is 24.5 Å². The fourth-order valence-corrected chi connectivity index (χ4v) is 2.14. The maximum absolute atomic E-state index is 11.9. The number of furan rings is 1. The Bertz CT molecular complexity index is 625. The number of hydrogen-bond donors (Lipinski definition) is 2. The zero-order valence-corrected chi connectivity index (χ0v) is 11.7. The number of carbonyl (C=O) groups excluding carboxylic acids is 1. The summed E-state index contributed by atoms with van der Waals surface area (Å²) in [6, 6.07) is 9.18. The van der Waals surface area contributed by atoms with Gasteiger partial charge in [-0.2, -0.15) is 0 Å². The molecule has 0 radical (unpaired) electrons. The van der Waals surface area contributed by atoms with Crippen LogP contribution < -0.4 is 20.1 Å². The first-order valence-corrected chi connectivity index (χ1v) is 6.78. The zero-order valence-electron chi connectivity index (χ0n) is 11.7. The average molecular weight is 289 g/mol. The molecule has 21 heavy (non-hydrogen) atoms. The highest BCUT2D eigenvalue weighted by molar-refractivity contribution is 5.91. The lowest BCUT2D eigenvalue weighted by Gasteiger charge is -2.09. The molecule has 0 unspecified atom stereocenters. The summed E-state index contributed by atoms with van der Waals surface area (Å²) in [5, 5.41) is 4.75. The van der Waals surface area contributed by atoms with Crippen molar-refractivity contribution in [3.05, 3.63) is 42.4 Å². The molecule has 3 N–H and O–H groups in total. The molecule has 1 aromatic carbocycles. The molecule has 110 valence electrons. The second-order valence-electron chi connectivity index (χ2n) is 4.86. The SMILES string of the molecule is C[C@H]([NH2+]CC(=O)Nc1ccc2c(c1)OCO2)c1ccco1. The Morgan fingerprint density at radius 1 is 1.33 bits per heavy atom. The molecule has 1 aliphatic rings. The van der Waals surface area contributed by atoms with Crippen LogP contribution in [0.15, 0.2) is 41.0 Å². The number of fused-ring (bicyclic) bond motifs is 1. The van der Waals surface area contributed by atoms with E-state index in [0.29, 0.717) is 23.7 Å². The van der Waals surface area contributed by atoms with E-state index in [-0.39, 0.29) is 18.7 Å². The number of carbonyl (C=O) groups is 1. The Labute approximate surface area is 122 Å². The number of quaternary nitrogens is 1. The molecule has 0 fully saturated rings. The normalized spacial score (nSPS) is 14.0. The molecule has 0 spiro atoms. The zero-order chi connectivity index (χ0) is 14.7. The van der Waals surface area contributed by atoms with Crippen molar-refractivity contribution in [1.29, 1.82) is 0 Å². The number of anilines is 1. The molecule has 0 saturated heterocycles. The third-order valence-electron chi connectivity index (χ3n) is 3.31. The van der Waals surface area contributed by atoms with Crippen LogP contribution in [0.2, 0.25) is 0 Å². The lowest BCUT2D eigenvalue weighted by Crippen LogP contribution is -2.86. The van der Waals surface area contributed by atoms with Gasteiger partial charge in [0.1, 0.15) is 6.04 Å². The van der Waals surface area contributed by atoms with E-state index >= 15 is 0 Å². The van der Waals surface area contributed by atoms with E-state index in [0.717, 1.165) is 5.76 Å². The number of nitrogens with two attached hydrogens (primary N) is 1. The molecule has 1 amide bonds. The van der Waals surface area contributed by atoms with Gasteiger partial charge in [-0.05, 0) is 31.2 Å². The van der Waals surface area contributed by atoms with Gasteiger partial charge in [-0.25, -0.2) is 0 Å². The Balaban J connectivity index is 1.52. The van der Waals surface area contributed by atoms with Gasteiger partial charge in [-0.3, -0.25) is 4.79 Å². The quantitative estimate of drug-likeness (QED) is 0.869. The van der Waals surface area contributed by atoms with Crippen LogP contribution in [0.1, 0.15) is 18.7 Å². The van der Waals surface area contributed by atoms with E-state index in [9.17, 15) is 4.79 Å². The number of amides is 1. The average Bonchev–Trinajstić information content (AvgIpc) is 3.15. The molecule has 1 aliphatic heterocycles. The van der Waals surface area contributed by atoms with Gasteiger partial charge in [0.15, 0.2) is 23.8 Å². The molecule has 2 heterocycles. The van der Waals surface area contributed by atoms with Crippen molar-refractivity contribution in [3.8, 4) is 11.5 Å². The summed E-state index contributed by atoms with van der Waals surface area (Å²) >= 11 is 0. The third-order valence-corrected chi connectivity index (χ3v) is 3.31. The van der Waals surface area contributed by atoms with Crippen molar-refractivity contribution in [2.24, 2.45) is 0 Å². The van der Waals surface area contributed by atoms with Gasteiger partial charge >= 0.3 is 0 Å². The van der Waals surface area contributed by atoms with E-state index in [1.54, 1.807) is 24.5 Å². The van der Waals surface area contributed by atoms with Crippen molar-refractivity contribution < 1.29 is 24.0 Å². The second-order valence-corrected chi connectivity index (χ2v) is 4.86. The molecule has 1 atom stereocenters. The van der Waals surface area contributed by atoms with Crippen LogP contribution >= 0.6 is 0 Å². The van der Waals surface area contributed by atoms with Crippen LogP contribution in [-0.2, 0) is 4.79 Å². The molecule has 0 aliphatic carbocycles. The van der Waals surface area contributed by atoms with Crippen LogP contribution in [0, 0.1) is 0 Å². The van der Waals surface area contributed by atoms with E-state index in [1.807, 2.05) is 24.4 Å². The van der Waals surface area contributed by atoms with E-state index in [4.69, 9.17) is 13.9 Å². The number of ether oxygens (including phenoxy) is 2. The van der Waals surface area contributed by atoms with Crippen molar-refractivity contribution >= 4 is 11.6 Å². The molecule has 1 aromatic heterocycles. The highest BCUT2D eigenvalue weighted by atomic mass is 16.7. The van der Waals surface area contributed by atoms with Crippen LogP contribution in [0.3, 0.4) is 0 Å². The molecule has 0 bridgehead atoms. The van der Waals surface area contributed by atoms with Gasteiger partial charge in [0.25, 0.3) is 5.91 Å². The minimum atomic E-state index is -0.0766. The molecule has 2 aromatic rings. The predicted octanol–water partition coefficient (Wildman–Crippen LogP) is 1.27.